The zero-order valence-electron chi connectivity index (χ0n) is 11.6. The van der Waals surface area contributed by atoms with Gasteiger partial charge in [-0.3, -0.25) is 9.78 Å². The minimum Gasteiger partial charge on any atom is -0.384 e. The molecule has 0 aliphatic carbocycles. The zero-order valence-corrected chi connectivity index (χ0v) is 11.6. The zero-order chi connectivity index (χ0) is 14.8. The molecule has 1 fully saturated rings. The monoisotopic (exact) mass is 284 g/mol. The first-order chi connectivity index (χ1) is 9.44. The Morgan fingerprint density at radius 2 is 2.30 bits per heavy atom. The lowest BCUT2D eigenvalue weighted by Gasteiger charge is -2.38. The fraction of sp³-hybridized carbons (Fsp3) is 0.571. The normalized spacial score (nSPS) is 21.8. The molecule has 1 amide bonds. The van der Waals surface area contributed by atoms with Crippen molar-refractivity contribution in [2.75, 3.05) is 26.8 Å². The molecule has 0 spiro atoms. The van der Waals surface area contributed by atoms with Crippen LogP contribution in [-0.2, 0) is 4.74 Å². The minimum absolute atomic E-state index is 0.00755. The van der Waals surface area contributed by atoms with Crippen molar-refractivity contribution in [3.05, 3.63) is 29.6 Å². The summed E-state index contributed by atoms with van der Waals surface area (Å²) in [5.74, 6) is -3.99. The minimum atomic E-state index is -2.78. The van der Waals surface area contributed by atoms with Gasteiger partial charge >= 0.3 is 0 Å². The highest BCUT2D eigenvalue weighted by Crippen LogP contribution is 2.34. The Balaban J connectivity index is 2.12. The quantitative estimate of drug-likeness (QED) is 0.854. The third-order valence-corrected chi connectivity index (χ3v) is 3.53. The van der Waals surface area contributed by atoms with Crippen molar-refractivity contribution >= 4 is 5.91 Å². The van der Waals surface area contributed by atoms with Crippen molar-refractivity contribution < 1.29 is 18.3 Å². The first kappa shape index (κ1) is 14.8. The van der Waals surface area contributed by atoms with Crippen LogP contribution in [-0.4, -0.2) is 48.5 Å². The SMILES string of the molecule is COCC1CN(C(=O)c2cncc(C)c2)CCC1(F)F. The van der Waals surface area contributed by atoms with Gasteiger partial charge in [0.2, 0.25) is 0 Å². The van der Waals surface area contributed by atoms with Crippen LogP contribution in [0.15, 0.2) is 18.5 Å². The third kappa shape index (κ3) is 3.12. The molecule has 0 bridgehead atoms. The van der Waals surface area contributed by atoms with E-state index in [4.69, 9.17) is 4.74 Å². The second-order valence-corrected chi connectivity index (χ2v) is 5.17. The summed E-state index contributed by atoms with van der Waals surface area (Å²) < 4.78 is 32.3. The largest absolute Gasteiger partial charge is 0.384 e. The van der Waals surface area contributed by atoms with Gasteiger partial charge in [0, 0.05) is 39.0 Å². The molecule has 6 heteroatoms. The smallest absolute Gasteiger partial charge is 0.256 e. The predicted molar refractivity (Wildman–Crippen MR) is 69.8 cm³/mol. The summed E-state index contributed by atoms with van der Waals surface area (Å²) in [6, 6.07) is 1.72. The summed E-state index contributed by atoms with van der Waals surface area (Å²) in [6.45, 7) is 1.85. The highest BCUT2D eigenvalue weighted by atomic mass is 19.3. The molecule has 1 aromatic heterocycles. The van der Waals surface area contributed by atoms with Crippen LogP contribution >= 0.6 is 0 Å². The van der Waals surface area contributed by atoms with E-state index < -0.39 is 11.8 Å². The number of hydrogen-bond donors (Lipinski definition) is 0. The number of aryl methyl sites for hydroxylation is 1. The van der Waals surface area contributed by atoms with E-state index in [1.807, 2.05) is 6.92 Å². The molecule has 0 N–H and O–H groups in total. The number of ether oxygens (including phenoxy) is 1. The summed E-state index contributed by atoms with van der Waals surface area (Å²) in [4.78, 5) is 17.7. The maximum atomic E-state index is 13.7. The fourth-order valence-corrected chi connectivity index (χ4v) is 2.39. The van der Waals surface area contributed by atoms with Gasteiger partial charge in [0.05, 0.1) is 18.1 Å². The molecule has 4 nitrogen and oxygen atoms in total. The number of halogens is 2. The topological polar surface area (TPSA) is 42.4 Å². The van der Waals surface area contributed by atoms with Crippen LogP contribution in [0.25, 0.3) is 0 Å². The number of carbonyl (C=O) groups is 1. The Labute approximate surface area is 116 Å². The predicted octanol–water partition coefficient (Wildman–Crippen LogP) is 2.13. The number of pyridine rings is 1. The number of likely N-dealkylation sites (tertiary alicyclic amines) is 1. The van der Waals surface area contributed by atoms with Gasteiger partial charge in [0.1, 0.15) is 0 Å². The molecular formula is C14H18F2N2O2. The van der Waals surface area contributed by atoms with Gasteiger partial charge in [-0.05, 0) is 18.6 Å². The highest BCUT2D eigenvalue weighted by Gasteiger charge is 2.45. The van der Waals surface area contributed by atoms with Crippen LogP contribution in [0, 0.1) is 12.8 Å². The summed E-state index contributed by atoms with van der Waals surface area (Å²) in [6.07, 6.45) is 2.79. The molecule has 1 unspecified atom stereocenters. The second kappa shape index (κ2) is 5.83. The van der Waals surface area contributed by atoms with E-state index in [0.29, 0.717) is 5.56 Å². The summed E-state index contributed by atoms with van der Waals surface area (Å²) in [5.41, 5.74) is 1.30. The molecular weight excluding hydrogens is 266 g/mol. The third-order valence-electron chi connectivity index (χ3n) is 3.53. The Kier molecular flexibility index (Phi) is 4.32. The number of alkyl halides is 2. The van der Waals surface area contributed by atoms with Crippen molar-refractivity contribution in [2.45, 2.75) is 19.3 Å². The van der Waals surface area contributed by atoms with Gasteiger partial charge in [-0.15, -0.1) is 0 Å². The van der Waals surface area contributed by atoms with Crippen molar-refractivity contribution in [1.82, 2.24) is 9.88 Å². The van der Waals surface area contributed by atoms with Crippen molar-refractivity contribution in [1.29, 1.82) is 0 Å². The Morgan fingerprint density at radius 1 is 1.55 bits per heavy atom. The van der Waals surface area contributed by atoms with E-state index in [1.54, 1.807) is 12.3 Å². The van der Waals surface area contributed by atoms with Crippen LogP contribution in [0.5, 0.6) is 0 Å². The van der Waals surface area contributed by atoms with Crippen molar-refractivity contribution in [3.8, 4) is 0 Å². The molecule has 1 saturated heterocycles. The van der Waals surface area contributed by atoms with Crippen molar-refractivity contribution in [3.63, 3.8) is 0 Å². The van der Waals surface area contributed by atoms with Gasteiger partial charge < -0.3 is 9.64 Å². The van der Waals surface area contributed by atoms with Crippen LogP contribution in [0.1, 0.15) is 22.3 Å². The van der Waals surface area contributed by atoms with Crippen molar-refractivity contribution in [2.24, 2.45) is 5.92 Å². The Bertz CT molecular complexity index is 494. The van der Waals surface area contributed by atoms with Crippen LogP contribution in [0.2, 0.25) is 0 Å². The first-order valence-corrected chi connectivity index (χ1v) is 6.51. The Hall–Kier alpha value is -1.56. The molecule has 1 aromatic rings. The maximum absolute atomic E-state index is 13.7. The maximum Gasteiger partial charge on any atom is 0.256 e. The number of piperidine rings is 1. The molecule has 1 aliphatic heterocycles. The second-order valence-electron chi connectivity index (χ2n) is 5.17. The molecule has 110 valence electrons. The van der Waals surface area contributed by atoms with E-state index in [1.165, 1.54) is 18.2 Å². The lowest BCUT2D eigenvalue weighted by Crippen LogP contribution is -2.50. The van der Waals surface area contributed by atoms with E-state index in [2.05, 4.69) is 4.98 Å². The summed E-state index contributed by atoms with van der Waals surface area (Å²) in [5, 5.41) is 0. The fourth-order valence-electron chi connectivity index (χ4n) is 2.39. The molecule has 2 rings (SSSR count). The standard InChI is InChI=1S/C14H18F2N2O2/c1-10-5-11(7-17-6-10)13(19)18-4-3-14(15,16)12(8-18)9-20-2/h5-7,12H,3-4,8-9H2,1-2H3. The van der Waals surface area contributed by atoms with E-state index in [-0.39, 0.29) is 32.0 Å². The number of hydrogen-bond acceptors (Lipinski definition) is 3. The number of methoxy groups -OCH3 is 1. The molecule has 1 aliphatic rings. The van der Waals surface area contributed by atoms with Gasteiger partial charge in [-0.25, -0.2) is 8.78 Å². The Morgan fingerprint density at radius 3 is 2.95 bits per heavy atom. The van der Waals surface area contributed by atoms with Gasteiger partial charge in [0.15, 0.2) is 0 Å². The summed E-state index contributed by atoms with van der Waals surface area (Å²) in [7, 11) is 1.39. The molecule has 0 saturated carbocycles. The summed E-state index contributed by atoms with van der Waals surface area (Å²) >= 11 is 0. The lowest BCUT2D eigenvalue weighted by molar-refractivity contribution is -0.117. The molecule has 20 heavy (non-hydrogen) atoms. The van der Waals surface area contributed by atoms with E-state index >= 15 is 0 Å². The van der Waals surface area contributed by atoms with Crippen LogP contribution < -0.4 is 0 Å². The highest BCUT2D eigenvalue weighted by molar-refractivity contribution is 5.94. The molecule has 2 heterocycles. The molecule has 1 atom stereocenters. The number of rotatable bonds is 3. The average Bonchev–Trinajstić information content (AvgIpc) is 2.40. The van der Waals surface area contributed by atoms with E-state index in [0.717, 1.165) is 5.56 Å². The average molecular weight is 284 g/mol. The lowest BCUT2D eigenvalue weighted by atomic mass is 9.94. The van der Waals surface area contributed by atoms with E-state index in [9.17, 15) is 13.6 Å². The van der Waals surface area contributed by atoms with Crippen LogP contribution in [0.3, 0.4) is 0 Å². The molecule has 0 radical (unpaired) electrons. The number of aromatic nitrogens is 1. The van der Waals surface area contributed by atoms with Gasteiger partial charge in [-0.2, -0.15) is 0 Å². The van der Waals surface area contributed by atoms with Gasteiger partial charge in [-0.1, -0.05) is 0 Å². The first-order valence-electron chi connectivity index (χ1n) is 6.51. The van der Waals surface area contributed by atoms with Gasteiger partial charge in [0.25, 0.3) is 11.8 Å². The number of carbonyl (C=O) groups excluding carboxylic acids is 1. The molecule has 0 aromatic carbocycles. The van der Waals surface area contributed by atoms with Crippen LogP contribution in [0.4, 0.5) is 8.78 Å². The number of amides is 1. The number of nitrogens with zero attached hydrogens (tertiary/aromatic N) is 2.